The zero-order valence-electron chi connectivity index (χ0n) is 12.8. The maximum absolute atomic E-state index is 11.9. The van der Waals surface area contributed by atoms with E-state index >= 15 is 0 Å². The number of hydrogen-bond acceptors (Lipinski definition) is 5. The van der Waals surface area contributed by atoms with Crippen molar-refractivity contribution in [3.8, 4) is 5.75 Å². The molecule has 1 aromatic carbocycles. The molecule has 0 unspecified atom stereocenters. The number of rotatable bonds is 6. The van der Waals surface area contributed by atoms with E-state index in [-0.39, 0.29) is 30.4 Å². The second-order valence-corrected chi connectivity index (χ2v) is 5.18. The Bertz CT molecular complexity index is 514. The van der Waals surface area contributed by atoms with Gasteiger partial charge in [-0.05, 0) is 37.6 Å². The van der Waals surface area contributed by atoms with Crippen LogP contribution in [0.2, 0.25) is 0 Å². The highest BCUT2D eigenvalue weighted by molar-refractivity contribution is 5.94. The van der Waals surface area contributed by atoms with Gasteiger partial charge in [-0.25, -0.2) is 0 Å². The first-order valence-electron chi connectivity index (χ1n) is 7.24. The number of hydrogen-bond donors (Lipinski definition) is 1. The number of nitrogens with one attached hydrogen (secondary N) is 1. The second-order valence-electron chi connectivity index (χ2n) is 5.18. The number of benzene rings is 1. The largest absolute Gasteiger partial charge is 0.484 e. The van der Waals surface area contributed by atoms with Crippen LogP contribution >= 0.6 is 0 Å². The Hall–Kier alpha value is -1.92. The number of carbonyl (C=O) groups excluding carboxylic acids is 2. The summed E-state index contributed by atoms with van der Waals surface area (Å²) >= 11 is 0. The highest BCUT2D eigenvalue weighted by Crippen LogP contribution is 2.13. The van der Waals surface area contributed by atoms with E-state index in [9.17, 15) is 9.59 Å². The number of ether oxygens (including phenoxy) is 3. The summed E-state index contributed by atoms with van der Waals surface area (Å²) in [5.41, 5.74) is 0.613. The lowest BCUT2D eigenvalue weighted by atomic mass is 10.1. The molecule has 0 radical (unpaired) electrons. The molecule has 1 saturated heterocycles. The number of carbonyl (C=O) groups is 2. The second kappa shape index (κ2) is 7.91. The summed E-state index contributed by atoms with van der Waals surface area (Å²) in [7, 11) is 1.60. The van der Waals surface area contributed by atoms with Gasteiger partial charge in [0.05, 0.1) is 12.6 Å². The molecule has 2 atom stereocenters. The zero-order chi connectivity index (χ0) is 15.9. The lowest BCUT2D eigenvalue weighted by molar-refractivity contribution is -0.127. The van der Waals surface area contributed by atoms with E-state index < -0.39 is 0 Å². The third-order valence-electron chi connectivity index (χ3n) is 3.58. The summed E-state index contributed by atoms with van der Waals surface area (Å²) in [6.45, 7) is 2.52. The average molecular weight is 307 g/mol. The van der Waals surface area contributed by atoms with Crippen molar-refractivity contribution < 1.29 is 23.8 Å². The molecular weight excluding hydrogens is 286 g/mol. The van der Waals surface area contributed by atoms with Crippen molar-refractivity contribution in [2.24, 2.45) is 0 Å². The molecule has 0 aliphatic carbocycles. The molecule has 1 aliphatic heterocycles. The molecule has 0 spiro atoms. The van der Waals surface area contributed by atoms with E-state index in [0.717, 1.165) is 6.42 Å². The predicted molar refractivity (Wildman–Crippen MR) is 80.1 cm³/mol. The van der Waals surface area contributed by atoms with Crippen molar-refractivity contribution in [3.05, 3.63) is 29.8 Å². The van der Waals surface area contributed by atoms with E-state index in [4.69, 9.17) is 14.2 Å². The van der Waals surface area contributed by atoms with E-state index in [2.05, 4.69) is 5.32 Å². The minimum absolute atomic E-state index is 0.00517. The van der Waals surface area contributed by atoms with E-state index in [1.807, 2.05) is 0 Å². The minimum atomic E-state index is -0.204. The van der Waals surface area contributed by atoms with Crippen molar-refractivity contribution in [1.82, 2.24) is 5.32 Å². The minimum Gasteiger partial charge on any atom is -0.484 e. The Morgan fingerprint density at radius 2 is 2.05 bits per heavy atom. The highest BCUT2D eigenvalue weighted by atomic mass is 16.5. The van der Waals surface area contributed by atoms with Crippen molar-refractivity contribution in [1.29, 1.82) is 0 Å². The Morgan fingerprint density at radius 3 is 2.68 bits per heavy atom. The molecule has 6 heteroatoms. The monoisotopic (exact) mass is 307 g/mol. The third-order valence-corrected chi connectivity index (χ3v) is 3.58. The topological polar surface area (TPSA) is 73.9 Å². The SMILES string of the molecule is CO[C@@H]1COCC[C@H]1NC(=O)COc1ccc(C(C)=O)cc1. The average Bonchev–Trinajstić information content (AvgIpc) is 2.54. The van der Waals surface area contributed by atoms with Crippen LogP contribution < -0.4 is 10.1 Å². The summed E-state index contributed by atoms with van der Waals surface area (Å²) in [6, 6.07) is 6.64. The maximum atomic E-state index is 11.9. The standard InChI is InChI=1S/C16H21NO5/c1-11(18)12-3-5-13(6-4-12)22-10-16(19)17-14-7-8-21-9-15(14)20-2/h3-6,14-15H,7-10H2,1-2H3,(H,17,19)/t14-,15-/m1/s1. The van der Waals surface area contributed by atoms with Gasteiger partial charge in [0.1, 0.15) is 11.9 Å². The fourth-order valence-corrected chi connectivity index (χ4v) is 2.29. The Kier molecular flexibility index (Phi) is 5.91. The molecule has 0 bridgehead atoms. The number of methoxy groups -OCH3 is 1. The Balaban J connectivity index is 1.80. The van der Waals surface area contributed by atoms with Gasteiger partial charge in [0, 0.05) is 19.3 Å². The maximum Gasteiger partial charge on any atom is 0.258 e. The van der Waals surface area contributed by atoms with Crippen molar-refractivity contribution >= 4 is 11.7 Å². The smallest absolute Gasteiger partial charge is 0.258 e. The molecular formula is C16H21NO5. The van der Waals surface area contributed by atoms with Gasteiger partial charge in [-0.3, -0.25) is 9.59 Å². The van der Waals surface area contributed by atoms with Gasteiger partial charge in [-0.15, -0.1) is 0 Å². The number of ketones is 1. The molecule has 2 rings (SSSR count). The summed E-state index contributed by atoms with van der Waals surface area (Å²) in [5.74, 6) is 0.342. The van der Waals surface area contributed by atoms with Crippen LogP contribution in [0.4, 0.5) is 0 Å². The first-order valence-corrected chi connectivity index (χ1v) is 7.24. The quantitative estimate of drug-likeness (QED) is 0.799. The van der Waals surface area contributed by atoms with Gasteiger partial charge in [0.2, 0.25) is 0 Å². The summed E-state index contributed by atoms with van der Waals surface area (Å²) < 4.78 is 16.0. The van der Waals surface area contributed by atoms with Crippen LogP contribution in [-0.2, 0) is 14.3 Å². The van der Waals surface area contributed by atoms with Crippen LogP contribution in [0.1, 0.15) is 23.7 Å². The van der Waals surface area contributed by atoms with Crippen LogP contribution in [0.5, 0.6) is 5.75 Å². The summed E-state index contributed by atoms with van der Waals surface area (Å²) in [4.78, 5) is 23.1. The molecule has 0 aromatic heterocycles. The predicted octanol–water partition coefficient (Wildman–Crippen LogP) is 1.19. The third kappa shape index (κ3) is 4.54. The molecule has 1 aliphatic rings. The van der Waals surface area contributed by atoms with Gasteiger partial charge >= 0.3 is 0 Å². The van der Waals surface area contributed by atoms with Crippen molar-refractivity contribution in [3.63, 3.8) is 0 Å². The van der Waals surface area contributed by atoms with Crippen LogP contribution in [-0.4, -0.2) is 50.8 Å². The number of amides is 1. The molecule has 1 N–H and O–H groups in total. The van der Waals surface area contributed by atoms with Gasteiger partial charge in [-0.1, -0.05) is 0 Å². The fourth-order valence-electron chi connectivity index (χ4n) is 2.29. The molecule has 120 valence electrons. The molecule has 1 amide bonds. The van der Waals surface area contributed by atoms with E-state index in [1.165, 1.54) is 6.92 Å². The Labute approximate surface area is 129 Å². The normalized spacial score (nSPS) is 21.2. The molecule has 1 aromatic rings. The van der Waals surface area contributed by atoms with Crippen LogP contribution in [0.3, 0.4) is 0 Å². The lowest BCUT2D eigenvalue weighted by Gasteiger charge is -2.30. The van der Waals surface area contributed by atoms with Gasteiger partial charge in [0.15, 0.2) is 12.4 Å². The first kappa shape index (κ1) is 16.5. The summed E-state index contributed by atoms with van der Waals surface area (Å²) in [6.07, 6.45) is 0.588. The number of Topliss-reactive ketones (excluding diaryl/α,β-unsaturated/α-hetero) is 1. The molecule has 0 saturated carbocycles. The van der Waals surface area contributed by atoms with Crippen LogP contribution in [0.15, 0.2) is 24.3 Å². The van der Waals surface area contributed by atoms with E-state index in [1.54, 1.807) is 31.4 Å². The zero-order valence-corrected chi connectivity index (χ0v) is 12.8. The summed E-state index contributed by atoms with van der Waals surface area (Å²) in [5, 5.41) is 2.90. The fraction of sp³-hybridized carbons (Fsp3) is 0.500. The van der Waals surface area contributed by atoms with E-state index in [0.29, 0.717) is 24.5 Å². The van der Waals surface area contributed by atoms with Gasteiger partial charge in [-0.2, -0.15) is 0 Å². The molecule has 6 nitrogen and oxygen atoms in total. The molecule has 22 heavy (non-hydrogen) atoms. The molecule has 1 heterocycles. The van der Waals surface area contributed by atoms with Crippen molar-refractivity contribution in [2.45, 2.75) is 25.5 Å². The first-order chi connectivity index (χ1) is 10.6. The Morgan fingerprint density at radius 1 is 1.32 bits per heavy atom. The van der Waals surface area contributed by atoms with Crippen LogP contribution in [0, 0.1) is 0 Å². The highest BCUT2D eigenvalue weighted by Gasteiger charge is 2.26. The molecule has 1 fully saturated rings. The van der Waals surface area contributed by atoms with Gasteiger partial charge in [0.25, 0.3) is 5.91 Å². The lowest BCUT2D eigenvalue weighted by Crippen LogP contribution is -2.50. The van der Waals surface area contributed by atoms with Gasteiger partial charge < -0.3 is 19.5 Å². The van der Waals surface area contributed by atoms with Crippen LogP contribution in [0.25, 0.3) is 0 Å². The van der Waals surface area contributed by atoms with Crippen molar-refractivity contribution in [2.75, 3.05) is 26.9 Å².